The molecule has 0 spiro atoms. The molecule has 0 aliphatic rings. The first-order valence-corrected chi connectivity index (χ1v) is 7.66. The largest absolute Gasteiger partial charge is 0.321 e. The number of benzene rings is 2. The summed E-state index contributed by atoms with van der Waals surface area (Å²) in [6, 6.07) is 14.1. The number of anilines is 1. The summed E-state index contributed by atoms with van der Waals surface area (Å²) >= 11 is 5.97. The lowest BCUT2D eigenvalue weighted by molar-refractivity contribution is 0.101. The molecule has 0 bridgehead atoms. The van der Waals surface area contributed by atoms with Crippen LogP contribution in [0.1, 0.15) is 16.1 Å². The number of amides is 1. The molecule has 2 aromatic carbocycles. The number of aryl methyl sites for hydroxylation is 1. The van der Waals surface area contributed by atoms with E-state index in [0.717, 1.165) is 0 Å². The minimum absolute atomic E-state index is 0.261. The fraction of sp³-hybridized carbons (Fsp3) is 0.0556. The van der Waals surface area contributed by atoms with E-state index < -0.39 is 0 Å². The first-order chi connectivity index (χ1) is 12.0. The van der Waals surface area contributed by atoms with E-state index in [1.165, 1.54) is 28.9 Å². The number of nitrogens with one attached hydrogen (secondary N) is 1. The van der Waals surface area contributed by atoms with Crippen molar-refractivity contribution in [3.05, 3.63) is 70.6 Å². The Kier molecular flexibility index (Phi) is 4.50. The van der Waals surface area contributed by atoms with Crippen molar-refractivity contribution < 1.29 is 9.18 Å². The zero-order valence-corrected chi connectivity index (χ0v) is 13.9. The topological polar surface area (TPSA) is 70.7 Å². The zero-order valence-electron chi connectivity index (χ0n) is 13.1. The summed E-state index contributed by atoms with van der Waals surface area (Å²) in [4.78, 5) is 12.5. The molecule has 0 aliphatic carbocycles. The molecule has 0 aliphatic heterocycles. The summed E-state index contributed by atoms with van der Waals surface area (Å²) in [5.74, 6) is -0.709. The molecule has 1 heterocycles. The molecular weight excluding hydrogens is 343 g/mol. The van der Waals surface area contributed by atoms with Crippen LogP contribution in [0.3, 0.4) is 0 Å². The van der Waals surface area contributed by atoms with Gasteiger partial charge in [-0.15, -0.1) is 0 Å². The van der Waals surface area contributed by atoms with Gasteiger partial charge in [0.25, 0.3) is 5.91 Å². The molecule has 5 nitrogen and oxygen atoms in total. The second-order valence-corrected chi connectivity index (χ2v) is 5.71. The molecule has 1 amide bonds. The molecule has 3 aromatic rings. The van der Waals surface area contributed by atoms with Gasteiger partial charge in [-0.3, -0.25) is 9.48 Å². The van der Waals surface area contributed by atoms with Crippen LogP contribution in [-0.4, -0.2) is 15.7 Å². The van der Waals surface area contributed by atoms with Crippen molar-refractivity contribution in [3.63, 3.8) is 0 Å². The monoisotopic (exact) mass is 354 g/mol. The van der Waals surface area contributed by atoms with Gasteiger partial charge in [-0.1, -0.05) is 11.6 Å². The molecule has 1 N–H and O–H groups in total. The Labute approximate surface area is 148 Å². The number of aromatic nitrogens is 2. The summed E-state index contributed by atoms with van der Waals surface area (Å²) in [6.07, 6.45) is 0. The number of carbonyl (C=O) groups is 1. The third kappa shape index (κ3) is 3.52. The van der Waals surface area contributed by atoms with Gasteiger partial charge in [0.2, 0.25) is 0 Å². The minimum atomic E-state index is -0.371. The molecule has 124 valence electrons. The smallest absolute Gasteiger partial charge is 0.273 e. The van der Waals surface area contributed by atoms with E-state index >= 15 is 0 Å². The van der Waals surface area contributed by atoms with Crippen LogP contribution < -0.4 is 5.32 Å². The Balaban J connectivity index is 1.84. The summed E-state index contributed by atoms with van der Waals surface area (Å²) in [5, 5.41) is 16.1. The van der Waals surface area contributed by atoms with Gasteiger partial charge in [-0.05, 0) is 48.5 Å². The molecule has 7 heteroatoms. The van der Waals surface area contributed by atoms with E-state index in [9.17, 15) is 9.18 Å². The molecule has 0 radical (unpaired) electrons. The van der Waals surface area contributed by atoms with Crippen LogP contribution in [0.2, 0.25) is 5.02 Å². The third-order valence-corrected chi connectivity index (χ3v) is 3.91. The maximum absolute atomic E-state index is 13.0. The highest BCUT2D eigenvalue weighted by atomic mass is 35.5. The lowest BCUT2D eigenvalue weighted by atomic mass is 10.1. The van der Waals surface area contributed by atoms with Gasteiger partial charge in [-0.25, -0.2) is 4.39 Å². The van der Waals surface area contributed by atoms with Gasteiger partial charge in [0.1, 0.15) is 17.6 Å². The predicted octanol–water partition coefficient (Wildman–Crippen LogP) is 4.00. The standard InChI is InChI=1S/C18H12ClFN4O/c1-24-17(9-16(23-24)11-2-5-13(20)6-3-11)18(25)22-14-7-4-12(10-21)15(19)8-14/h2-9H,1H3,(H,22,25). The van der Waals surface area contributed by atoms with Crippen LogP contribution in [0.25, 0.3) is 11.3 Å². The van der Waals surface area contributed by atoms with Gasteiger partial charge < -0.3 is 5.32 Å². The van der Waals surface area contributed by atoms with Crippen molar-refractivity contribution in [2.45, 2.75) is 0 Å². The Bertz CT molecular complexity index is 989. The average molecular weight is 355 g/mol. The summed E-state index contributed by atoms with van der Waals surface area (Å²) < 4.78 is 14.5. The fourth-order valence-electron chi connectivity index (χ4n) is 2.32. The van der Waals surface area contributed by atoms with Crippen LogP contribution in [0.4, 0.5) is 10.1 Å². The van der Waals surface area contributed by atoms with E-state index in [4.69, 9.17) is 16.9 Å². The lowest BCUT2D eigenvalue weighted by Crippen LogP contribution is -2.16. The molecule has 0 fully saturated rings. The highest BCUT2D eigenvalue weighted by Crippen LogP contribution is 2.22. The van der Waals surface area contributed by atoms with Gasteiger partial charge >= 0.3 is 0 Å². The molecule has 0 saturated carbocycles. The number of nitrogens with zero attached hydrogens (tertiary/aromatic N) is 3. The number of hydrogen-bond donors (Lipinski definition) is 1. The highest BCUT2D eigenvalue weighted by molar-refractivity contribution is 6.32. The number of carbonyl (C=O) groups excluding carboxylic acids is 1. The SMILES string of the molecule is Cn1nc(-c2ccc(F)cc2)cc1C(=O)Nc1ccc(C#N)c(Cl)c1. The van der Waals surface area contributed by atoms with Gasteiger partial charge in [0.15, 0.2) is 0 Å². The van der Waals surface area contributed by atoms with Crippen LogP contribution in [0, 0.1) is 17.1 Å². The molecule has 25 heavy (non-hydrogen) atoms. The normalized spacial score (nSPS) is 10.3. The van der Waals surface area contributed by atoms with Crippen molar-refractivity contribution in [1.82, 2.24) is 9.78 Å². The summed E-state index contributed by atoms with van der Waals surface area (Å²) in [6.45, 7) is 0. The maximum Gasteiger partial charge on any atom is 0.273 e. The molecule has 0 unspecified atom stereocenters. The van der Waals surface area contributed by atoms with Crippen molar-refractivity contribution >= 4 is 23.2 Å². The van der Waals surface area contributed by atoms with E-state index in [2.05, 4.69) is 10.4 Å². The number of nitriles is 1. The van der Waals surface area contributed by atoms with Crippen LogP contribution in [0.15, 0.2) is 48.5 Å². The average Bonchev–Trinajstić information content (AvgIpc) is 2.97. The van der Waals surface area contributed by atoms with Gasteiger partial charge in [0.05, 0.1) is 16.3 Å². The van der Waals surface area contributed by atoms with Crippen molar-refractivity contribution in [3.8, 4) is 17.3 Å². The van der Waals surface area contributed by atoms with Crippen LogP contribution in [-0.2, 0) is 7.05 Å². The van der Waals surface area contributed by atoms with E-state index in [1.807, 2.05) is 6.07 Å². The first-order valence-electron chi connectivity index (χ1n) is 7.29. The van der Waals surface area contributed by atoms with Crippen molar-refractivity contribution in [1.29, 1.82) is 5.26 Å². The Hall–Kier alpha value is -3.17. The molecule has 3 rings (SSSR count). The second kappa shape index (κ2) is 6.75. The summed E-state index contributed by atoms with van der Waals surface area (Å²) in [7, 11) is 1.65. The molecule has 0 saturated heterocycles. The quantitative estimate of drug-likeness (QED) is 0.772. The van der Waals surface area contributed by atoms with E-state index in [-0.39, 0.29) is 16.7 Å². The van der Waals surface area contributed by atoms with Gasteiger partial charge in [-0.2, -0.15) is 10.4 Å². The highest BCUT2D eigenvalue weighted by Gasteiger charge is 2.15. The Morgan fingerprint density at radius 3 is 2.60 bits per heavy atom. The number of rotatable bonds is 3. The molecule has 1 aromatic heterocycles. The third-order valence-electron chi connectivity index (χ3n) is 3.60. The predicted molar refractivity (Wildman–Crippen MR) is 92.7 cm³/mol. The maximum atomic E-state index is 13.0. The second-order valence-electron chi connectivity index (χ2n) is 5.31. The molecule has 0 atom stereocenters. The Morgan fingerprint density at radius 2 is 1.96 bits per heavy atom. The van der Waals surface area contributed by atoms with Crippen molar-refractivity contribution in [2.75, 3.05) is 5.32 Å². The zero-order chi connectivity index (χ0) is 18.0. The minimum Gasteiger partial charge on any atom is -0.321 e. The first kappa shape index (κ1) is 16.7. The van der Waals surface area contributed by atoms with E-state index in [0.29, 0.717) is 28.2 Å². The van der Waals surface area contributed by atoms with Crippen molar-refractivity contribution in [2.24, 2.45) is 7.05 Å². The Morgan fingerprint density at radius 1 is 1.24 bits per heavy atom. The number of halogens is 2. The number of hydrogen-bond acceptors (Lipinski definition) is 3. The van der Waals surface area contributed by atoms with E-state index in [1.54, 1.807) is 31.3 Å². The lowest BCUT2D eigenvalue weighted by Gasteiger charge is -2.06. The van der Waals surface area contributed by atoms with Crippen LogP contribution in [0.5, 0.6) is 0 Å². The molecular formula is C18H12ClFN4O. The fourth-order valence-corrected chi connectivity index (χ4v) is 2.54. The summed E-state index contributed by atoms with van der Waals surface area (Å²) in [5.41, 5.74) is 2.40. The van der Waals surface area contributed by atoms with Crippen LogP contribution >= 0.6 is 11.6 Å². The van der Waals surface area contributed by atoms with Gasteiger partial charge in [0, 0.05) is 18.3 Å².